The fraction of sp³-hybridized carbons (Fsp3) is 0.625. The van der Waals surface area contributed by atoms with Crippen LogP contribution in [0.15, 0.2) is 5.38 Å². The van der Waals surface area contributed by atoms with Crippen molar-refractivity contribution in [2.24, 2.45) is 0 Å². The molecule has 0 aliphatic carbocycles. The zero-order chi connectivity index (χ0) is 11.5. The lowest BCUT2D eigenvalue weighted by molar-refractivity contribution is -0.119. The van der Waals surface area contributed by atoms with Gasteiger partial charge in [0.15, 0.2) is 5.13 Å². The number of aryl methyl sites for hydroxylation is 1. The standard InChI is InChI=1S/C8H10BrF3N2S/c1-6-4-15-7(13-6)14(3-2-9)5-8(10,11)12/h4H,2-3,5H2,1H3. The third kappa shape index (κ3) is 4.38. The molecule has 0 saturated carbocycles. The van der Waals surface area contributed by atoms with Gasteiger partial charge in [-0.05, 0) is 6.92 Å². The summed E-state index contributed by atoms with van der Waals surface area (Å²) in [6.07, 6.45) is -4.19. The molecule has 2 nitrogen and oxygen atoms in total. The maximum Gasteiger partial charge on any atom is 0.406 e. The average molecular weight is 303 g/mol. The largest absolute Gasteiger partial charge is 0.406 e. The maximum atomic E-state index is 12.2. The molecule has 1 rings (SSSR count). The number of rotatable bonds is 4. The number of hydrogen-bond donors (Lipinski definition) is 0. The van der Waals surface area contributed by atoms with Crippen LogP contribution in [0.25, 0.3) is 0 Å². The Kier molecular flexibility index (Phi) is 4.39. The summed E-state index contributed by atoms with van der Waals surface area (Å²) in [5.41, 5.74) is 0.747. The lowest BCUT2D eigenvalue weighted by Crippen LogP contribution is -2.35. The number of anilines is 1. The fourth-order valence-corrected chi connectivity index (χ4v) is 2.31. The van der Waals surface area contributed by atoms with E-state index in [1.54, 1.807) is 12.3 Å². The Hall–Kier alpha value is -0.300. The second-order valence-electron chi connectivity index (χ2n) is 3.00. The highest BCUT2D eigenvalue weighted by molar-refractivity contribution is 9.09. The highest BCUT2D eigenvalue weighted by Crippen LogP contribution is 2.24. The number of aromatic nitrogens is 1. The summed E-state index contributed by atoms with van der Waals surface area (Å²) in [6.45, 7) is 1.11. The Morgan fingerprint density at radius 1 is 1.53 bits per heavy atom. The van der Waals surface area contributed by atoms with Crippen molar-refractivity contribution >= 4 is 32.4 Å². The Balaban J connectivity index is 2.74. The van der Waals surface area contributed by atoms with Gasteiger partial charge in [-0.25, -0.2) is 4.98 Å². The first-order chi connectivity index (χ1) is 6.92. The van der Waals surface area contributed by atoms with E-state index in [1.165, 1.54) is 16.2 Å². The molecule has 1 aromatic heterocycles. The summed E-state index contributed by atoms with van der Waals surface area (Å²) in [7, 11) is 0. The SMILES string of the molecule is Cc1csc(N(CCBr)CC(F)(F)F)n1. The highest BCUT2D eigenvalue weighted by atomic mass is 79.9. The third-order valence-corrected chi connectivity index (χ3v) is 2.98. The molecule has 0 aliphatic heterocycles. The minimum Gasteiger partial charge on any atom is -0.338 e. The maximum absolute atomic E-state index is 12.2. The predicted molar refractivity (Wildman–Crippen MR) is 58.9 cm³/mol. The van der Waals surface area contributed by atoms with Crippen molar-refractivity contribution in [3.63, 3.8) is 0 Å². The van der Waals surface area contributed by atoms with Gasteiger partial charge in [0.05, 0.1) is 5.69 Å². The molecule has 7 heteroatoms. The van der Waals surface area contributed by atoms with E-state index >= 15 is 0 Å². The molecular formula is C8H10BrF3N2S. The molecule has 0 N–H and O–H groups in total. The van der Waals surface area contributed by atoms with Crippen molar-refractivity contribution in [3.05, 3.63) is 11.1 Å². The van der Waals surface area contributed by atoms with E-state index in [2.05, 4.69) is 20.9 Å². The molecule has 0 bridgehead atoms. The number of hydrogen-bond acceptors (Lipinski definition) is 3. The van der Waals surface area contributed by atoms with Crippen LogP contribution >= 0.6 is 27.3 Å². The molecule has 86 valence electrons. The Morgan fingerprint density at radius 3 is 2.60 bits per heavy atom. The van der Waals surface area contributed by atoms with E-state index < -0.39 is 12.7 Å². The van der Waals surface area contributed by atoms with Crippen LogP contribution in [0.5, 0.6) is 0 Å². The molecule has 15 heavy (non-hydrogen) atoms. The number of thiazole rings is 1. The fourth-order valence-electron chi connectivity index (χ4n) is 1.05. The van der Waals surface area contributed by atoms with Gasteiger partial charge in [0.25, 0.3) is 0 Å². The van der Waals surface area contributed by atoms with Gasteiger partial charge in [0, 0.05) is 17.3 Å². The zero-order valence-electron chi connectivity index (χ0n) is 8.01. The van der Waals surface area contributed by atoms with Gasteiger partial charge in [-0.1, -0.05) is 15.9 Å². The van der Waals surface area contributed by atoms with Crippen LogP contribution in [-0.2, 0) is 0 Å². The third-order valence-electron chi connectivity index (χ3n) is 1.60. The average Bonchev–Trinajstić information content (AvgIpc) is 2.48. The first-order valence-electron chi connectivity index (χ1n) is 4.22. The first-order valence-corrected chi connectivity index (χ1v) is 6.22. The van der Waals surface area contributed by atoms with E-state index in [4.69, 9.17) is 0 Å². The van der Waals surface area contributed by atoms with E-state index in [9.17, 15) is 13.2 Å². The summed E-state index contributed by atoms with van der Waals surface area (Å²) in [6, 6.07) is 0. The molecule has 0 fully saturated rings. The molecule has 0 atom stereocenters. The number of halogens is 4. The number of nitrogens with zero attached hydrogens (tertiary/aromatic N) is 2. The van der Waals surface area contributed by atoms with E-state index in [0.29, 0.717) is 17.0 Å². The number of alkyl halides is 4. The topological polar surface area (TPSA) is 16.1 Å². The van der Waals surface area contributed by atoms with E-state index in [-0.39, 0.29) is 0 Å². The summed E-state index contributed by atoms with van der Waals surface area (Å²) in [4.78, 5) is 5.27. The van der Waals surface area contributed by atoms with Crippen LogP contribution in [0, 0.1) is 6.92 Å². The monoisotopic (exact) mass is 302 g/mol. The van der Waals surface area contributed by atoms with Crippen molar-refractivity contribution in [3.8, 4) is 0 Å². The van der Waals surface area contributed by atoms with Crippen LogP contribution in [0.3, 0.4) is 0 Å². The van der Waals surface area contributed by atoms with Gasteiger partial charge in [-0.2, -0.15) is 13.2 Å². The molecule has 1 heterocycles. The molecular weight excluding hydrogens is 293 g/mol. The molecule has 0 aromatic carbocycles. The summed E-state index contributed by atoms with van der Waals surface area (Å²) in [5.74, 6) is 0. The first kappa shape index (κ1) is 12.8. The van der Waals surface area contributed by atoms with Crippen molar-refractivity contribution in [2.75, 3.05) is 23.3 Å². The van der Waals surface area contributed by atoms with Crippen LogP contribution in [0.2, 0.25) is 0 Å². The van der Waals surface area contributed by atoms with Gasteiger partial charge in [-0.15, -0.1) is 11.3 Å². The lowest BCUT2D eigenvalue weighted by atomic mass is 10.5. The second-order valence-corrected chi connectivity index (χ2v) is 4.63. The normalized spacial score (nSPS) is 11.8. The molecule has 0 amide bonds. The van der Waals surface area contributed by atoms with Crippen molar-refractivity contribution in [2.45, 2.75) is 13.1 Å². The Morgan fingerprint density at radius 2 is 2.20 bits per heavy atom. The molecule has 1 aromatic rings. The highest BCUT2D eigenvalue weighted by Gasteiger charge is 2.31. The van der Waals surface area contributed by atoms with Crippen molar-refractivity contribution in [1.82, 2.24) is 4.98 Å². The van der Waals surface area contributed by atoms with Crippen LogP contribution in [0.4, 0.5) is 18.3 Å². The molecule has 0 radical (unpaired) electrons. The molecule has 0 aliphatic rings. The molecule has 0 unspecified atom stereocenters. The zero-order valence-corrected chi connectivity index (χ0v) is 10.4. The second kappa shape index (κ2) is 5.16. The predicted octanol–water partition coefficient (Wildman–Crippen LogP) is 3.22. The minimum atomic E-state index is -4.19. The molecule has 0 spiro atoms. The Labute approximate surface area is 98.2 Å². The summed E-state index contributed by atoms with van der Waals surface area (Å²) in [5, 5.41) is 2.65. The van der Waals surface area contributed by atoms with Crippen LogP contribution in [0.1, 0.15) is 5.69 Å². The van der Waals surface area contributed by atoms with Gasteiger partial charge in [0.2, 0.25) is 0 Å². The van der Waals surface area contributed by atoms with E-state index in [0.717, 1.165) is 5.69 Å². The Bertz CT molecular complexity index is 313. The van der Waals surface area contributed by atoms with Gasteiger partial charge in [-0.3, -0.25) is 0 Å². The van der Waals surface area contributed by atoms with Crippen LogP contribution < -0.4 is 4.90 Å². The van der Waals surface area contributed by atoms with Crippen molar-refractivity contribution < 1.29 is 13.2 Å². The molecule has 0 saturated heterocycles. The summed E-state index contributed by atoms with van der Waals surface area (Å²) < 4.78 is 36.7. The van der Waals surface area contributed by atoms with Gasteiger partial charge >= 0.3 is 6.18 Å². The smallest absolute Gasteiger partial charge is 0.338 e. The quantitative estimate of drug-likeness (QED) is 0.794. The summed E-state index contributed by atoms with van der Waals surface area (Å²) >= 11 is 4.36. The van der Waals surface area contributed by atoms with Crippen molar-refractivity contribution in [1.29, 1.82) is 0 Å². The van der Waals surface area contributed by atoms with Crippen LogP contribution in [-0.4, -0.2) is 29.6 Å². The minimum absolute atomic E-state index is 0.298. The van der Waals surface area contributed by atoms with Gasteiger partial charge < -0.3 is 4.90 Å². The van der Waals surface area contributed by atoms with E-state index in [1.807, 2.05) is 0 Å². The van der Waals surface area contributed by atoms with Gasteiger partial charge in [0.1, 0.15) is 6.54 Å². The lowest BCUT2D eigenvalue weighted by Gasteiger charge is -2.21.